The predicted octanol–water partition coefficient (Wildman–Crippen LogP) is 3.76. The smallest absolute Gasteiger partial charge is 0.191 e. The van der Waals surface area contributed by atoms with Gasteiger partial charge in [0.2, 0.25) is 0 Å². The van der Waals surface area contributed by atoms with E-state index in [4.69, 9.17) is 9.15 Å². The second kappa shape index (κ2) is 14.3. The summed E-state index contributed by atoms with van der Waals surface area (Å²) in [6.07, 6.45) is 4.94. The number of hydrogen-bond acceptors (Lipinski definition) is 3. The van der Waals surface area contributed by atoms with Crippen molar-refractivity contribution in [1.29, 1.82) is 0 Å². The molecule has 1 heterocycles. The number of nitrogens with zero attached hydrogens (tertiary/aromatic N) is 1. The van der Waals surface area contributed by atoms with Crippen LogP contribution in [0.1, 0.15) is 39.4 Å². The van der Waals surface area contributed by atoms with E-state index in [2.05, 4.69) is 36.1 Å². The number of furan rings is 1. The molecule has 0 aromatic carbocycles. The van der Waals surface area contributed by atoms with Crippen LogP contribution in [-0.4, -0.2) is 38.3 Å². The van der Waals surface area contributed by atoms with E-state index in [-0.39, 0.29) is 24.0 Å². The summed E-state index contributed by atoms with van der Waals surface area (Å²) in [7, 11) is 0. The van der Waals surface area contributed by atoms with Crippen molar-refractivity contribution in [3.8, 4) is 0 Å². The Bertz CT molecular complexity index is 459. The van der Waals surface area contributed by atoms with Crippen LogP contribution >= 0.6 is 24.0 Å². The molecule has 0 spiro atoms. The largest absolute Gasteiger partial charge is 0.469 e. The van der Waals surface area contributed by atoms with Crippen molar-refractivity contribution in [1.82, 2.24) is 10.6 Å². The zero-order chi connectivity index (χ0) is 16.9. The molecule has 6 heteroatoms. The summed E-state index contributed by atoms with van der Waals surface area (Å²) in [5.41, 5.74) is 1.04. The highest BCUT2D eigenvalue weighted by Crippen LogP contribution is 1.99. The molecule has 24 heavy (non-hydrogen) atoms. The summed E-state index contributed by atoms with van der Waals surface area (Å²) in [6, 6.07) is 3.89. The van der Waals surface area contributed by atoms with Crippen LogP contribution in [0.5, 0.6) is 0 Å². The van der Waals surface area contributed by atoms with Gasteiger partial charge in [0.15, 0.2) is 5.96 Å². The highest BCUT2D eigenvalue weighted by molar-refractivity contribution is 14.0. The van der Waals surface area contributed by atoms with Gasteiger partial charge in [-0.1, -0.05) is 12.2 Å². The number of hydrogen-bond donors (Lipinski definition) is 2. The maximum absolute atomic E-state index is 5.54. The van der Waals surface area contributed by atoms with Crippen LogP contribution in [0.15, 0.2) is 40.0 Å². The van der Waals surface area contributed by atoms with E-state index in [1.54, 1.807) is 6.26 Å². The number of nitrogens with one attached hydrogen (secondary N) is 2. The molecule has 0 unspecified atom stereocenters. The summed E-state index contributed by atoms with van der Waals surface area (Å²) in [5.74, 6) is 1.80. The lowest BCUT2D eigenvalue weighted by Gasteiger charge is -2.13. The van der Waals surface area contributed by atoms with Crippen molar-refractivity contribution in [2.75, 3.05) is 26.2 Å². The summed E-state index contributed by atoms with van der Waals surface area (Å²) in [4.78, 5) is 4.52. The highest BCUT2D eigenvalue weighted by atomic mass is 127. The number of guanidine groups is 1. The average Bonchev–Trinajstić information content (AvgIpc) is 3.00. The summed E-state index contributed by atoms with van der Waals surface area (Å²) < 4.78 is 10.9. The maximum Gasteiger partial charge on any atom is 0.191 e. The normalized spacial score (nSPS) is 11.2. The molecule has 1 aromatic heterocycles. The third-order valence-electron chi connectivity index (χ3n) is 3.07. The number of halogens is 1. The van der Waals surface area contributed by atoms with E-state index in [1.807, 2.05) is 19.1 Å². The Morgan fingerprint density at radius 1 is 1.29 bits per heavy atom. The van der Waals surface area contributed by atoms with Gasteiger partial charge in [0.25, 0.3) is 0 Å². The maximum atomic E-state index is 5.54. The molecule has 0 saturated heterocycles. The lowest BCUT2D eigenvalue weighted by atomic mass is 10.3. The molecule has 2 N–H and O–H groups in total. The zero-order valence-corrected chi connectivity index (χ0v) is 17.5. The van der Waals surface area contributed by atoms with E-state index in [0.717, 1.165) is 56.3 Å². The van der Waals surface area contributed by atoms with Gasteiger partial charge in [-0.2, -0.15) is 0 Å². The first-order valence-electron chi connectivity index (χ1n) is 8.38. The number of rotatable bonds is 11. The fourth-order valence-corrected chi connectivity index (χ4v) is 1.90. The summed E-state index contributed by atoms with van der Waals surface area (Å²) >= 11 is 0. The van der Waals surface area contributed by atoms with Crippen LogP contribution in [0, 0.1) is 0 Å². The van der Waals surface area contributed by atoms with Crippen LogP contribution in [0.4, 0.5) is 0 Å². The Labute approximate surface area is 163 Å². The number of unbranched alkanes of at least 4 members (excludes halogenated alkanes) is 1. The van der Waals surface area contributed by atoms with Crippen molar-refractivity contribution in [3.05, 3.63) is 36.3 Å². The molecule has 0 bridgehead atoms. The van der Waals surface area contributed by atoms with Gasteiger partial charge in [-0.3, -0.25) is 0 Å². The van der Waals surface area contributed by atoms with Crippen molar-refractivity contribution >= 4 is 29.9 Å². The zero-order valence-electron chi connectivity index (χ0n) is 15.1. The van der Waals surface area contributed by atoms with Crippen molar-refractivity contribution in [2.24, 2.45) is 4.99 Å². The lowest BCUT2D eigenvalue weighted by molar-refractivity contribution is 0.0762. The number of aliphatic imine (C=N–C) groups is 1. The lowest BCUT2D eigenvalue weighted by Crippen LogP contribution is -2.39. The van der Waals surface area contributed by atoms with Crippen molar-refractivity contribution in [3.63, 3.8) is 0 Å². The second-order valence-electron chi connectivity index (χ2n) is 5.93. The van der Waals surface area contributed by atoms with Gasteiger partial charge >= 0.3 is 0 Å². The standard InChI is InChI=1S/C18H31N3O2.HI/c1-15(2)14-21-18(19-10-5-6-12-22-16(3)4)20-11-9-17-8-7-13-23-17;/h7-8,13,16H,1,5-6,9-12,14H2,2-4H3,(H2,19,20,21);1H. The van der Waals surface area contributed by atoms with Crippen LogP contribution in [0.3, 0.4) is 0 Å². The van der Waals surface area contributed by atoms with E-state index in [0.29, 0.717) is 12.6 Å². The molecular weight excluding hydrogens is 417 g/mol. The molecule has 138 valence electrons. The second-order valence-corrected chi connectivity index (χ2v) is 5.93. The van der Waals surface area contributed by atoms with E-state index in [9.17, 15) is 0 Å². The summed E-state index contributed by atoms with van der Waals surface area (Å²) in [6.45, 7) is 13.1. The number of ether oxygens (including phenoxy) is 1. The first kappa shape index (κ1) is 23.0. The van der Waals surface area contributed by atoms with Gasteiger partial charge in [-0.05, 0) is 45.7 Å². The molecule has 0 atom stereocenters. The fourth-order valence-electron chi connectivity index (χ4n) is 1.90. The molecule has 0 fully saturated rings. The third-order valence-corrected chi connectivity index (χ3v) is 3.07. The van der Waals surface area contributed by atoms with Gasteiger partial charge in [-0.25, -0.2) is 4.99 Å². The molecule has 0 aliphatic rings. The Balaban J connectivity index is 0.00000529. The molecule has 1 aromatic rings. The molecule has 0 radical (unpaired) electrons. The van der Waals surface area contributed by atoms with Crippen LogP contribution in [0.25, 0.3) is 0 Å². The predicted molar refractivity (Wildman–Crippen MR) is 111 cm³/mol. The monoisotopic (exact) mass is 449 g/mol. The Morgan fingerprint density at radius 3 is 2.67 bits per heavy atom. The Hall–Kier alpha value is -1.02. The van der Waals surface area contributed by atoms with Gasteiger partial charge in [-0.15, -0.1) is 24.0 Å². The summed E-state index contributed by atoms with van der Waals surface area (Å²) in [5, 5.41) is 6.68. The minimum absolute atomic E-state index is 0. The molecule has 1 rings (SSSR count). The quantitative estimate of drug-likeness (QED) is 0.178. The van der Waals surface area contributed by atoms with Crippen molar-refractivity contribution in [2.45, 2.75) is 46.1 Å². The Morgan fingerprint density at radius 2 is 2.04 bits per heavy atom. The van der Waals surface area contributed by atoms with E-state index < -0.39 is 0 Å². The van der Waals surface area contributed by atoms with E-state index >= 15 is 0 Å². The van der Waals surface area contributed by atoms with Crippen LogP contribution < -0.4 is 10.6 Å². The first-order valence-corrected chi connectivity index (χ1v) is 8.38. The first-order chi connectivity index (χ1) is 11.1. The van der Waals surface area contributed by atoms with Gasteiger partial charge < -0.3 is 19.8 Å². The molecule has 0 aliphatic carbocycles. The minimum atomic E-state index is 0. The van der Waals surface area contributed by atoms with Gasteiger partial charge in [0, 0.05) is 26.1 Å². The highest BCUT2D eigenvalue weighted by Gasteiger charge is 2.00. The molecule has 0 aliphatic heterocycles. The average molecular weight is 449 g/mol. The van der Waals surface area contributed by atoms with Crippen molar-refractivity contribution < 1.29 is 9.15 Å². The Kier molecular flexibility index (Phi) is 13.7. The molecule has 0 saturated carbocycles. The van der Waals surface area contributed by atoms with Gasteiger partial charge in [0.05, 0.1) is 18.9 Å². The SMILES string of the molecule is C=C(C)CN=C(NCCCCOC(C)C)NCCc1ccco1.I. The van der Waals surface area contributed by atoms with Crippen LogP contribution in [-0.2, 0) is 11.2 Å². The molecule has 0 amide bonds. The van der Waals surface area contributed by atoms with Gasteiger partial charge in [0.1, 0.15) is 5.76 Å². The minimum Gasteiger partial charge on any atom is -0.469 e. The van der Waals surface area contributed by atoms with Crippen LogP contribution in [0.2, 0.25) is 0 Å². The molecule has 5 nitrogen and oxygen atoms in total. The van der Waals surface area contributed by atoms with E-state index in [1.165, 1.54) is 0 Å². The third kappa shape index (κ3) is 12.4. The fraction of sp³-hybridized carbons (Fsp3) is 0.611. The molecular formula is C18H32IN3O2. The topological polar surface area (TPSA) is 58.8 Å².